The molecule has 2 rings (SSSR count). The summed E-state index contributed by atoms with van der Waals surface area (Å²) in [5.74, 6) is -0.860. The minimum absolute atomic E-state index is 0.0119. The average Bonchev–Trinajstić information content (AvgIpc) is 2.46. The number of hydrogen-bond acceptors (Lipinski definition) is 4. The average molecular weight is 269 g/mol. The molecule has 0 aliphatic rings. The van der Waals surface area contributed by atoms with Gasteiger partial charge in [-0.1, -0.05) is 25.1 Å². The van der Waals surface area contributed by atoms with Crippen LogP contribution in [0.2, 0.25) is 0 Å². The van der Waals surface area contributed by atoms with Crippen molar-refractivity contribution in [3.05, 3.63) is 36.0 Å². The molecule has 0 fully saturated rings. The van der Waals surface area contributed by atoms with Crippen LogP contribution in [-0.2, 0) is 4.79 Å². The lowest BCUT2D eigenvalue weighted by Gasteiger charge is -2.18. The summed E-state index contributed by atoms with van der Waals surface area (Å²) in [7, 11) is 0. The van der Waals surface area contributed by atoms with Crippen molar-refractivity contribution < 1.29 is 9.90 Å². The Morgan fingerprint density at radius 1 is 1.50 bits per heavy atom. The molecule has 5 nitrogen and oxygen atoms in total. The fraction of sp³-hybridized carbons (Fsp3) is 0.267. The quantitative estimate of drug-likeness (QED) is 0.871. The van der Waals surface area contributed by atoms with Crippen LogP contribution in [0.25, 0.3) is 10.9 Å². The Hall–Kier alpha value is -2.61. The molecule has 0 aliphatic heterocycles. The van der Waals surface area contributed by atoms with E-state index in [-0.39, 0.29) is 12.5 Å². The molecule has 0 spiro atoms. The Morgan fingerprint density at radius 3 is 2.90 bits per heavy atom. The van der Waals surface area contributed by atoms with Gasteiger partial charge >= 0.3 is 5.97 Å². The van der Waals surface area contributed by atoms with Crippen molar-refractivity contribution in [2.75, 3.05) is 5.32 Å². The largest absolute Gasteiger partial charge is 0.481 e. The van der Waals surface area contributed by atoms with E-state index in [4.69, 9.17) is 5.11 Å². The van der Waals surface area contributed by atoms with Gasteiger partial charge < -0.3 is 10.4 Å². The third-order valence-electron chi connectivity index (χ3n) is 3.16. The van der Waals surface area contributed by atoms with Gasteiger partial charge in [0.05, 0.1) is 23.2 Å². The lowest BCUT2D eigenvalue weighted by atomic mass is 10.1. The van der Waals surface area contributed by atoms with E-state index in [1.54, 1.807) is 0 Å². The molecule has 1 heterocycles. The Kier molecular flexibility index (Phi) is 4.16. The topological polar surface area (TPSA) is 86.0 Å². The Balaban J connectivity index is 2.46. The molecule has 20 heavy (non-hydrogen) atoms. The van der Waals surface area contributed by atoms with E-state index < -0.39 is 5.97 Å². The minimum Gasteiger partial charge on any atom is -0.481 e. The molecule has 5 heteroatoms. The molecule has 1 aromatic carbocycles. The number of aliphatic carboxylic acids is 1. The number of pyridine rings is 1. The van der Waals surface area contributed by atoms with Crippen LogP contribution in [0.1, 0.15) is 25.3 Å². The number of anilines is 1. The normalized spacial score (nSPS) is 11.8. The molecule has 2 aromatic rings. The number of fused-ring (bicyclic) bond motifs is 1. The molecule has 1 unspecified atom stereocenters. The maximum atomic E-state index is 10.9. The molecule has 1 aromatic heterocycles. The molecular weight excluding hydrogens is 254 g/mol. The summed E-state index contributed by atoms with van der Waals surface area (Å²) < 4.78 is 0. The van der Waals surface area contributed by atoms with Gasteiger partial charge in [-0.15, -0.1) is 0 Å². The fourth-order valence-electron chi connectivity index (χ4n) is 2.09. The number of nitrogens with zero attached hydrogens (tertiary/aromatic N) is 2. The first kappa shape index (κ1) is 13.8. The number of nitrogens with one attached hydrogen (secondary N) is 1. The molecule has 102 valence electrons. The van der Waals surface area contributed by atoms with Gasteiger partial charge in [-0.25, -0.2) is 0 Å². The van der Waals surface area contributed by atoms with E-state index in [2.05, 4.69) is 16.4 Å². The number of carbonyl (C=O) groups is 1. The molecule has 0 saturated heterocycles. The van der Waals surface area contributed by atoms with Crippen LogP contribution in [0.15, 0.2) is 30.5 Å². The third kappa shape index (κ3) is 2.86. The summed E-state index contributed by atoms with van der Waals surface area (Å²) in [6.45, 7) is 1.91. The lowest BCUT2D eigenvalue weighted by molar-refractivity contribution is -0.137. The number of nitriles is 1. The third-order valence-corrected chi connectivity index (χ3v) is 3.16. The Bertz CT molecular complexity index is 676. The van der Waals surface area contributed by atoms with Gasteiger partial charge in [-0.05, 0) is 12.5 Å². The van der Waals surface area contributed by atoms with Crippen molar-refractivity contribution >= 4 is 22.6 Å². The van der Waals surface area contributed by atoms with Crippen LogP contribution < -0.4 is 5.32 Å². The molecule has 0 radical (unpaired) electrons. The van der Waals surface area contributed by atoms with Crippen molar-refractivity contribution in [3.8, 4) is 6.07 Å². The molecular formula is C15H15N3O2. The zero-order valence-electron chi connectivity index (χ0n) is 11.1. The lowest BCUT2D eigenvalue weighted by Crippen LogP contribution is -2.23. The summed E-state index contributed by atoms with van der Waals surface area (Å²) in [6, 6.07) is 9.36. The predicted octanol–water partition coefficient (Wildman–Crippen LogP) is 2.77. The van der Waals surface area contributed by atoms with Crippen LogP contribution in [-0.4, -0.2) is 22.1 Å². The van der Waals surface area contributed by atoms with E-state index >= 15 is 0 Å². The van der Waals surface area contributed by atoms with Crippen LogP contribution in [0, 0.1) is 11.3 Å². The van der Waals surface area contributed by atoms with Crippen molar-refractivity contribution in [2.24, 2.45) is 0 Å². The first-order chi connectivity index (χ1) is 9.65. The molecule has 0 amide bonds. The summed E-state index contributed by atoms with van der Waals surface area (Å²) >= 11 is 0. The highest BCUT2D eigenvalue weighted by molar-refractivity contribution is 5.94. The fourth-order valence-corrected chi connectivity index (χ4v) is 2.09. The van der Waals surface area contributed by atoms with E-state index in [1.807, 2.05) is 31.2 Å². The zero-order chi connectivity index (χ0) is 14.5. The molecule has 0 bridgehead atoms. The van der Waals surface area contributed by atoms with Gasteiger partial charge in [0.1, 0.15) is 6.07 Å². The summed E-state index contributed by atoms with van der Waals surface area (Å²) in [5, 5.41) is 22.1. The van der Waals surface area contributed by atoms with E-state index in [9.17, 15) is 10.1 Å². The molecule has 0 saturated carbocycles. The van der Waals surface area contributed by atoms with Gasteiger partial charge in [0.2, 0.25) is 0 Å². The number of benzene rings is 1. The second-order valence-electron chi connectivity index (χ2n) is 4.52. The maximum absolute atomic E-state index is 10.9. The molecule has 1 atom stereocenters. The number of hydrogen-bond donors (Lipinski definition) is 2. The van der Waals surface area contributed by atoms with Gasteiger partial charge in [0, 0.05) is 17.6 Å². The number of para-hydroxylation sites is 1. The SMILES string of the molecule is CCC(CC(=O)O)Nc1c(C#N)cnc2ccccc12. The highest BCUT2D eigenvalue weighted by atomic mass is 16.4. The summed E-state index contributed by atoms with van der Waals surface area (Å²) in [5.41, 5.74) is 1.86. The maximum Gasteiger partial charge on any atom is 0.305 e. The van der Waals surface area contributed by atoms with Crippen LogP contribution >= 0.6 is 0 Å². The van der Waals surface area contributed by atoms with Gasteiger partial charge in [-0.3, -0.25) is 9.78 Å². The van der Waals surface area contributed by atoms with Crippen LogP contribution in [0.5, 0.6) is 0 Å². The van der Waals surface area contributed by atoms with E-state index in [0.717, 1.165) is 10.9 Å². The number of carboxylic acids is 1. The summed E-state index contributed by atoms with van der Waals surface area (Å²) in [6.07, 6.45) is 2.18. The number of aromatic nitrogens is 1. The van der Waals surface area contributed by atoms with Crippen LogP contribution in [0.4, 0.5) is 5.69 Å². The Labute approximate surface area is 116 Å². The highest BCUT2D eigenvalue weighted by Crippen LogP contribution is 2.26. The molecule has 2 N–H and O–H groups in total. The van der Waals surface area contributed by atoms with Gasteiger partial charge in [0.25, 0.3) is 0 Å². The second-order valence-corrected chi connectivity index (χ2v) is 4.52. The van der Waals surface area contributed by atoms with Crippen molar-refractivity contribution in [3.63, 3.8) is 0 Å². The van der Waals surface area contributed by atoms with Crippen molar-refractivity contribution in [2.45, 2.75) is 25.8 Å². The molecule has 0 aliphatic carbocycles. The Morgan fingerprint density at radius 2 is 2.25 bits per heavy atom. The highest BCUT2D eigenvalue weighted by Gasteiger charge is 2.15. The van der Waals surface area contributed by atoms with Gasteiger partial charge in [0.15, 0.2) is 0 Å². The minimum atomic E-state index is -0.860. The van der Waals surface area contributed by atoms with Crippen LogP contribution in [0.3, 0.4) is 0 Å². The first-order valence-corrected chi connectivity index (χ1v) is 6.42. The number of rotatable bonds is 5. The first-order valence-electron chi connectivity index (χ1n) is 6.42. The van der Waals surface area contributed by atoms with E-state index in [0.29, 0.717) is 17.7 Å². The standard InChI is InChI=1S/C15H15N3O2/c1-2-11(7-14(19)20)18-15-10(8-16)9-17-13-6-4-3-5-12(13)15/h3-6,9,11H,2,7H2,1H3,(H,17,18)(H,19,20). The van der Waals surface area contributed by atoms with Gasteiger partial charge in [-0.2, -0.15) is 5.26 Å². The predicted molar refractivity (Wildman–Crippen MR) is 76.4 cm³/mol. The zero-order valence-corrected chi connectivity index (χ0v) is 11.1. The second kappa shape index (κ2) is 6.02. The monoisotopic (exact) mass is 269 g/mol. The van der Waals surface area contributed by atoms with E-state index in [1.165, 1.54) is 6.20 Å². The number of carboxylic acid groups (broad SMARTS) is 1. The smallest absolute Gasteiger partial charge is 0.305 e. The van der Waals surface area contributed by atoms with Crippen molar-refractivity contribution in [1.29, 1.82) is 5.26 Å². The summed E-state index contributed by atoms with van der Waals surface area (Å²) in [4.78, 5) is 15.1. The van der Waals surface area contributed by atoms with Crippen molar-refractivity contribution in [1.82, 2.24) is 4.98 Å².